The number of hydrogen-bond acceptors (Lipinski definition) is 5. The molecule has 0 aromatic carbocycles. The molecule has 0 bridgehead atoms. The number of aromatic nitrogens is 2. The number of nitrogens with zero attached hydrogens (tertiary/aromatic N) is 1. The quantitative estimate of drug-likeness (QED) is 0.575. The number of nitrogens with one attached hydrogen (secondary N) is 2. The van der Waals surface area contributed by atoms with E-state index >= 15 is 0 Å². The average molecular weight is 262 g/mol. The maximum Gasteiger partial charge on any atom is 0.245 e. The molecule has 0 aliphatic carbocycles. The summed E-state index contributed by atoms with van der Waals surface area (Å²) in [5.41, 5.74) is 5.43. The zero-order valence-corrected chi connectivity index (χ0v) is 10.6. The van der Waals surface area contributed by atoms with Crippen LogP contribution >= 0.6 is 0 Å². The molecule has 1 aromatic rings. The number of anilines is 1. The molecule has 0 saturated carbocycles. The fourth-order valence-corrected chi connectivity index (χ4v) is 2.21. The van der Waals surface area contributed by atoms with Crippen LogP contribution in [-0.4, -0.2) is 38.4 Å². The molecule has 17 heavy (non-hydrogen) atoms. The molecular weight excluding hydrogens is 244 g/mol. The summed E-state index contributed by atoms with van der Waals surface area (Å²) in [5.74, 6) is 0.0319. The van der Waals surface area contributed by atoms with Crippen molar-refractivity contribution in [1.82, 2.24) is 14.9 Å². The Bertz CT molecular complexity index is 429. The number of ether oxygens (including phenoxy) is 1. The Morgan fingerprint density at radius 3 is 2.88 bits per heavy atom. The van der Waals surface area contributed by atoms with Gasteiger partial charge in [-0.1, -0.05) is 13.3 Å². The monoisotopic (exact) mass is 262 g/mol. The topological polar surface area (TPSA) is 110 Å². The van der Waals surface area contributed by atoms with Gasteiger partial charge in [-0.25, -0.2) is 13.1 Å². The highest BCUT2D eigenvalue weighted by Crippen LogP contribution is 2.12. The molecule has 4 N–H and O–H groups in total. The number of H-pyrrole nitrogens is 1. The van der Waals surface area contributed by atoms with Crippen molar-refractivity contribution in [2.24, 2.45) is 0 Å². The van der Waals surface area contributed by atoms with Crippen LogP contribution in [0.4, 0.5) is 5.82 Å². The average Bonchev–Trinajstić information content (AvgIpc) is 2.70. The molecular formula is C9H18N4O3S. The van der Waals surface area contributed by atoms with E-state index in [1.807, 2.05) is 0 Å². The molecule has 1 rings (SSSR count). The van der Waals surface area contributed by atoms with Crippen molar-refractivity contribution in [3.05, 3.63) is 6.20 Å². The first-order valence-electron chi connectivity index (χ1n) is 5.44. The van der Waals surface area contributed by atoms with Gasteiger partial charge in [-0.3, -0.25) is 5.10 Å². The van der Waals surface area contributed by atoms with E-state index in [4.69, 9.17) is 10.5 Å². The second kappa shape index (κ2) is 6.58. The minimum absolute atomic E-state index is 0.0319. The zero-order chi connectivity index (χ0) is 12.7. The molecule has 0 spiro atoms. The summed E-state index contributed by atoms with van der Waals surface area (Å²) in [4.78, 5) is -0.0361. The minimum atomic E-state index is -3.59. The van der Waals surface area contributed by atoms with Crippen LogP contribution in [0.3, 0.4) is 0 Å². The number of nitrogen functional groups attached to an aromatic ring is 1. The molecule has 1 heterocycles. The smallest absolute Gasteiger partial charge is 0.245 e. The minimum Gasteiger partial charge on any atom is -0.383 e. The molecule has 0 aliphatic heterocycles. The van der Waals surface area contributed by atoms with Gasteiger partial charge in [0.05, 0.1) is 12.8 Å². The van der Waals surface area contributed by atoms with Crippen molar-refractivity contribution >= 4 is 15.8 Å². The first-order valence-corrected chi connectivity index (χ1v) is 6.92. The third kappa shape index (κ3) is 4.33. The lowest BCUT2D eigenvalue weighted by Crippen LogP contribution is -2.27. The fourth-order valence-electron chi connectivity index (χ4n) is 1.17. The highest BCUT2D eigenvalue weighted by molar-refractivity contribution is 7.89. The largest absolute Gasteiger partial charge is 0.383 e. The molecule has 0 aliphatic rings. The Hall–Kier alpha value is -1.12. The lowest BCUT2D eigenvalue weighted by Gasteiger charge is -2.06. The molecule has 0 atom stereocenters. The molecule has 0 radical (unpaired) electrons. The van der Waals surface area contributed by atoms with Gasteiger partial charge in [0.1, 0.15) is 10.7 Å². The molecule has 7 nitrogen and oxygen atoms in total. The van der Waals surface area contributed by atoms with Crippen LogP contribution < -0.4 is 10.5 Å². The number of hydrogen-bond donors (Lipinski definition) is 3. The Labute approximate surface area is 101 Å². The van der Waals surface area contributed by atoms with E-state index in [1.165, 1.54) is 6.20 Å². The maximum atomic E-state index is 11.7. The molecule has 1 aromatic heterocycles. The van der Waals surface area contributed by atoms with Gasteiger partial charge in [0.25, 0.3) is 0 Å². The van der Waals surface area contributed by atoms with E-state index < -0.39 is 10.0 Å². The second-order valence-corrected chi connectivity index (χ2v) is 5.25. The number of aromatic amines is 1. The summed E-state index contributed by atoms with van der Waals surface area (Å²) < 4.78 is 31.0. The Balaban J connectivity index is 2.34. The van der Waals surface area contributed by atoms with Crippen molar-refractivity contribution in [3.63, 3.8) is 0 Å². The van der Waals surface area contributed by atoms with Crippen LogP contribution in [0.5, 0.6) is 0 Å². The lowest BCUT2D eigenvalue weighted by molar-refractivity contribution is 0.136. The number of nitrogens with two attached hydrogens (primary N) is 1. The van der Waals surface area contributed by atoms with Crippen LogP contribution in [0.25, 0.3) is 0 Å². The third-order valence-electron chi connectivity index (χ3n) is 2.10. The number of rotatable bonds is 8. The standard InChI is InChI=1S/C9H18N4O3S/c1-2-3-5-16-6-4-12-17(14,15)8-7-11-13-9(8)10/h7,12H,2-6H2,1H3,(H3,10,11,13). The first kappa shape index (κ1) is 13.9. The van der Waals surface area contributed by atoms with Crippen LogP contribution in [0.1, 0.15) is 19.8 Å². The van der Waals surface area contributed by atoms with Gasteiger partial charge in [-0.2, -0.15) is 5.10 Å². The predicted octanol–water partition coefficient (Wildman–Crippen LogP) is 0.0869. The van der Waals surface area contributed by atoms with Crippen LogP contribution in [0, 0.1) is 0 Å². The van der Waals surface area contributed by atoms with Crippen molar-refractivity contribution in [1.29, 1.82) is 0 Å². The van der Waals surface area contributed by atoms with E-state index in [2.05, 4.69) is 21.8 Å². The Morgan fingerprint density at radius 2 is 2.29 bits per heavy atom. The maximum absolute atomic E-state index is 11.7. The van der Waals surface area contributed by atoms with Crippen molar-refractivity contribution in [3.8, 4) is 0 Å². The first-order chi connectivity index (χ1) is 8.08. The number of unbranched alkanes of at least 4 members (excludes halogenated alkanes) is 1. The summed E-state index contributed by atoms with van der Waals surface area (Å²) in [6, 6.07) is 0. The SMILES string of the molecule is CCCCOCCNS(=O)(=O)c1cn[nH]c1N. The lowest BCUT2D eigenvalue weighted by atomic mass is 10.4. The molecule has 0 unspecified atom stereocenters. The Morgan fingerprint density at radius 1 is 1.53 bits per heavy atom. The third-order valence-corrected chi connectivity index (χ3v) is 3.59. The molecule has 0 saturated heterocycles. The molecule has 0 fully saturated rings. The number of sulfonamides is 1. The van der Waals surface area contributed by atoms with Gasteiger partial charge in [0, 0.05) is 13.2 Å². The zero-order valence-electron chi connectivity index (χ0n) is 9.77. The summed E-state index contributed by atoms with van der Waals surface area (Å²) in [7, 11) is -3.59. The molecule has 0 amide bonds. The van der Waals surface area contributed by atoms with Gasteiger partial charge >= 0.3 is 0 Å². The molecule has 8 heteroatoms. The van der Waals surface area contributed by atoms with Crippen molar-refractivity contribution < 1.29 is 13.2 Å². The van der Waals surface area contributed by atoms with Crippen LogP contribution in [0.15, 0.2) is 11.1 Å². The Kier molecular flexibility index (Phi) is 5.39. The summed E-state index contributed by atoms with van der Waals surface area (Å²) in [6.07, 6.45) is 3.20. The van der Waals surface area contributed by atoms with Gasteiger partial charge in [0.2, 0.25) is 10.0 Å². The normalized spacial score (nSPS) is 11.8. The van der Waals surface area contributed by atoms with Crippen LogP contribution in [-0.2, 0) is 14.8 Å². The summed E-state index contributed by atoms with van der Waals surface area (Å²) in [5, 5.41) is 5.93. The van der Waals surface area contributed by atoms with E-state index in [-0.39, 0.29) is 17.3 Å². The highest BCUT2D eigenvalue weighted by atomic mass is 32.2. The molecule has 98 valence electrons. The fraction of sp³-hybridized carbons (Fsp3) is 0.667. The second-order valence-electron chi connectivity index (χ2n) is 3.51. The van der Waals surface area contributed by atoms with E-state index in [0.717, 1.165) is 12.8 Å². The van der Waals surface area contributed by atoms with Gasteiger partial charge in [-0.05, 0) is 6.42 Å². The summed E-state index contributed by atoms with van der Waals surface area (Å²) in [6.45, 7) is 3.27. The van der Waals surface area contributed by atoms with Crippen LogP contribution in [0.2, 0.25) is 0 Å². The summed E-state index contributed by atoms with van der Waals surface area (Å²) >= 11 is 0. The van der Waals surface area contributed by atoms with Crippen molar-refractivity contribution in [2.75, 3.05) is 25.5 Å². The van der Waals surface area contributed by atoms with E-state index in [0.29, 0.717) is 13.2 Å². The van der Waals surface area contributed by atoms with Gasteiger partial charge < -0.3 is 10.5 Å². The van der Waals surface area contributed by atoms with Crippen molar-refractivity contribution in [2.45, 2.75) is 24.7 Å². The van der Waals surface area contributed by atoms with E-state index in [1.54, 1.807) is 0 Å². The predicted molar refractivity (Wildman–Crippen MR) is 63.9 cm³/mol. The highest BCUT2D eigenvalue weighted by Gasteiger charge is 2.18. The van der Waals surface area contributed by atoms with Gasteiger partial charge in [-0.15, -0.1) is 0 Å². The van der Waals surface area contributed by atoms with Gasteiger partial charge in [0.15, 0.2) is 0 Å². The van der Waals surface area contributed by atoms with E-state index in [9.17, 15) is 8.42 Å².